The van der Waals surface area contributed by atoms with Gasteiger partial charge in [-0.25, -0.2) is 0 Å². The minimum atomic E-state index is 0.804. The van der Waals surface area contributed by atoms with Crippen LogP contribution in [0.1, 0.15) is 43.9 Å². The largest absolute Gasteiger partial charge is 0.127 e. The van der Waals surface area contributed by atoms with E-state index in [9.17, 15) is 0 Å². The Bertz CT molecular complexity index is 268. The number of thiophene rings is 1. The van der Waals surface area contributed by atoms with Crippen molar-refractivity contribution in [1.82, 2.24) is 0 Å². The lowest BCUT2D eigenvalue weighted by atomic mass is 10.1. The van der Waals surface area contributed by atoms with Crippen molar-refractivity contribution in [3.05, 3.63) is 20.3 Å². The Balaban J connectivity index is 2.21. The summed E-state index contributed by atoms with van der Waals surface area (Å²) in [6.07, 6.45) is 7.61. The highest BCUT2D eigenvalue weighted by molar-refractivity contribution is 7.16. The predicted molar refractivity (Wildman–Crippen MR) is 66.8 cm³/mol. The molecular formula is C11H16Cl2S. The highest BCUT2D eigenvalue weighted by Gasteiger charge is 2.04. The second-order valence-electron chi connectivity index (χ2n) is 3.49. The van der Waals surface area contributed by atoms with E-state index >= 15 is 0 Å². The lowest BCUT2D eigenvalue weighted by Crippen LogP contribution is -1.82. The summed E-state index contributed by atoms with van der Waals surface area (Å²) in [5.41, 5.74) is 0. The fourth-order valence-corrected chi connectivity index (χ4v) is 3.08. The van der Waals surface area contributed by atoms with E-state index in [0.717, 1.165) is 15.8 Å². The Morgan fingerprint density at radius 2 is 1.86 bits per heavy atom. The van der Waals surface area contributed by atoms with Crippen LogP contribution in [0.15, 0.2) is 6.07 Å². The first-order chi connectivity index (χ1) is 6.74. The van der Waals surface area contributed by atoms with Crippen molar-refractivity contribution in [2.75, 3.05) is 0 Å². The van der Waals surface area contributed by atoms with Gasteiger partial charge in [0.1, 0.15) is 0 Å². The molecule has 1 aromatic heterocycles. The molecular weight excluding hydrogens is 235 g/mol. The summed E-state index contributed by atoms with van der Waals surface area (Å²) in [7, 11) is 0. The van der Waals surface area contributed by atoms with Crippen LogP contribution in [0.5, 0.6) is 0 Å². The topological polar surface area (TPSA) is 0 Å². The number of hydrogen-bond donors (Lipinski definition) is 0. The molecule has 0 saturated carbocycles. The Hall–Kier alpha value is 0.280. The molecule has 0 aliphatic rings. The molecule has 0 amide bonds. The maximum absolute atomic E-state index is 6.01. The van der Waals surface area contributed by atoms with Crippen LogP contribution in [0.2, 0.25) is 9.36 Å². The highest BCUT2D eigenvalue weighted by Crippen LogP contribution is 2.31. The zero-order valence-corrected chi connectivity index (χ0v) is 10.8. The maximum atomic E-state index is 6.01. The van der Waals surface area contributed by atoms with E-state index in [1.165, 1.54) is 37.0 Å². The summed E-state index contributed by atoms with van der Waals surface area (Å²) in [6.45, 7) is 2.23. The molecule has 0 nitrogen and oxygen atoms in total. The van der Waals surface area contributed by atoms with Crippen LogP contribution in [-0.2, 0) is 6.42 Å². The van der Waals surface area contributed by atoms with Crippen LogP contribution in [0.3, 0.4) is 0 Å². The molecule has 80 valence electrons. The van der Waals surface area contributed by atoms with Crippen LogP contribution < -0.4 is 0 Å². The normalized spacial score (nSPS) is 10.8. The van der Waals surface area contributed by atoms with Crippen molar-refractivity contribution >= 4 is 34.5 Å². The maximum Gasteiger partial charge on any atom is 0.0946 e. The van der Waals surface area contributed by atoms with Gasteiger partial charge in [0.15, 0.2) is 0 Å². The summed E-state index contributed by atoms with van der Waals surface area (Å²) in [5.74, 6) is 0. The van der Waals surface area contributed by atoms with Crippen LogP contribution in [0.25, 0.3) is 0 Å². The van der Waals surface area contributed by atoms with Crippen molar-refractivity contribution in [3.8, 4) is 0 Å². The Kier molecular flexibility index (Phi) is 5.92. The van der Waals surface area contributed by atoms with Gasteiger partial charge in [-0.1, -0.05) is 55.8 Å². The molecule has 0 atom stereocenters. The summed E-state index contributed by atoms with van der Waals surface area (Å²) in [4.78, 5) is 1.24. The molecule has 0 saturated heterocycles. The fraction of sp³-hybridized carbons (Fsp3) is 0.636. The molecule has 0 radical (unpaired) electrons. The van der Waals surface area contributed by atoms with Crippen molar-refractivity contribution < 1.29 is 0 Å². The van der Waals surface area contributed by atoms with Crippen LogP contribution in [-0.4, -0.2) is 0 Å². The van der Waals surface area contributed by atoms with Gasteiger partial charge in [-0.3, -0.25) is 0 Å². The number of rotatable bonds is 6. The predicted octanol–water partition coefficient (Wildman–Crippen LogP) is 5.57. The standard InChI is InChI=1S/C11H16Cl2S/c1-2-3-4-5-6-7-10-9(12)8-11(13)14-10/h8H,2-7H2,1H3. The molecule has 1 aromatic rings. The summed E-state index contributed by atoms with van der Waals surface area (Å²) >= 11 is 13.5. The second-order valence-corrected chi connectivity index (χ2v) is 5.66. The van der Waals surface area contributed by atoms with Gasteiger partial charge < -0.3 is 0 Å². The van der Waals surface area contributed by atoms with Crippen molar-refractivity contribution in [2.45, 2.75) is 45.4 Å². The monoisotopic (exact) mass is 250 g/mol. The van der Waals surface area contributed by atoms with E-state index in [0.29, 0.717) is 0 Å². The van der Waals surface area contributed by atoms with Gasteiger partial charge in [0.2, 0.25) is 0 Å². The molecule has 1 rings (SSSR count). The smallest absolute Gasteiger partial charge is 0.0946 e. The quantitative estimate of drug-likeness (QED) is 0.580. The van der Waals surface area contributed by atoms with Gasteiger partial charge in [-0.05, 0) is 18.9 Å². The van der Waals surface area contributed by atoms with Crippen LogP contribution in [0, 0.1) is 0 Å². The van der Waals surface area contributed by atoms with E-state index in [1.54, 1.807) is 11.3 Å². The number of halogens is 2. The lowest BCUT2D eigenvalue weighted by Gasteiger charge is -1.98. The summed E-state index contributed by atoms with van der Waals surface area (Å²) < 4.78 is 0.804. The second kappa shape index (κ2) is 6.71. The van der Waals surface area contributed by atoms with Crippen molar-refractivity contribution in [3.63, 3.8) is 0 Å². The SMILES string of the molecule is CCCCCCCc1sc(Cl)cc1Cl. The number of aryl methyl sites for hydroxylation is 1. The van der Waals surface area contributed by atoms with Gasteiger partial charge in [0.25, 0.3) is 0 Å². The first-order valence-corrected chi connectivity index (χ1v) is 6.75. The first kappa shape index (κ1) is 12.4. The molecule has 0 N–H and O–H groups in total. The minimum Gasteiger partial charge on any atom is -0.127 e. The van der Waals surface area contributed by atoms with E-state index in [1.807, 2.05) is 6.07 Å². The molecule has 0 spiro atoms. The van der Waals surface area contributed by atoms with Gasteiger partial charge in [-0.2, -0.15) is 0 Å². The molecule has 0 fully saturated rings. The first-order valence-electron chi connectivity index (χ1n) is 5.17. The number of unbranched alkanes of at least 4 members (excludes halogenated alkanes) is 4. The molecule has 0 aliphatic heterocycles. The van der Waals surface area contributed by atoms with E-state index < -0.39 is 0 Å². The molecule has 14 heavy (non-hydrogen) atoms. The average Bonchev–Trinajstić information content (AvgIpc) is 2.45. The van der Waals surface area contributed by atoms with E-state index in [-0.39, 0.29) is 0 Å². The third kappa shape index (κ3) is 4.20. The van der Waals surface area contributed by atoms with Gasteiger partial charge in [-0.15, -0.1) is 11.3 Å². The Morgan fingerprint density at radius 1 is 1.14 bits per heavy atom. The third-order valence-corrected chi connectivity index (χ3v) is 4.01. The molecule has 1 heterocycles. The highest BCUT2D eigenvalue weighted by atomic mass is 35.5. The van der Waals surface area contributed by atoms with Crippen molar-refractivity contribution in [2.24, 2.45) is 0 Å². The number of hydrogen-bond acceptors (Lipinski definition) is 1. The molecule has 0 bridgehead atoms. The van der Waals surface area contributed by atoms with Crippen LogP contribution >= 0.6 is 34.5 Å². The van der Waals surface area contributed by atoms with Gasteiger partial charge >= 0.3 is 0 Å². The Labute approximate surface area is 100 Å². The lowest BCUT2D eigenvalue weighted by molar-refractivity contribution is 0.634. The van der Waals surface area contributed by atoms with Crippen molar-refractivity contribution in [1.29, 1.82) is 0 Å². The summed E-state index contributed by atoms with van der Waals surface area (Å²) in [6, 6.07) is 1.84. The minimum absolute atomic E-state index is 0.804. The Morgan fingerprint density at radius 3 is 2.43 bits per heavy atom. The van der Waals surface area contributed by atoms with E-state index in [2.05, 4.69) is 6.92 Å². The molecule has 3 heteroatoms. The fourth-order valence-electron chi connectivity index (χ4n) is 1.44. The van der Waals surface area contributed by atoms with Gasteiger partial charge in [0, 0.05) is 4.88 Å². The van der Waals surface area contributed by atoms with E-state index in [4.69, 9.17) is 23.2 Å². The third-order valence-electron chi connectivity index (χ3n) is 2.23. The zero-order chi connectivity index (χ0) is 10.4. The van der Waals surface area contributed by atoms with Gasteiger partial charge in [0.05, 0.1) is 9.36 Å². The molecule has 0 unspecified atom stereocenters. The molecule has 0 aliphatic carbocycles. The zero-order valence-electron chi connectivity index (χ0n) is 8.48. The average molecular weight is 251 g/mol. The molecule has 0 aromatic carbocycles. The summed E-state index contributed by atoms with van der Waals surface area (Å²) in [5, 5.41) is 0.843. The van der Waals surface area contributed by atoms with Crippen LogP contribution in [0.4, 0.5) is 0 Å².